The van der Waals surface area contributed by atoms with Crippen molar-refractivity contribution in [1.29, 1.82) is 0 Å². The Hall–Kier alpha value is -1.62. The van der Waals surface area contributed by atoms with Gasteiger partial charge in [-0.15, -0.1) is 5.10 Å². The number of nitrogens with zero attached hydrogens (tertiary/aromatic N) is 4. The minimum atomic E-state index is 0.167. The Morgan fingerprint density at radius 1 is 1.40 bits per heavy atom. The maximum atomic E-state index is 6.35. The van der Waals surface area contributed by atoms with Gasteiger partial charge in [0.15, 0.2) is 0 Å². The molecule has 0 bridgehead atoms. The molecule has 2 N–H and O–H groups in total. The third-order valence-electron chi connectivity index (χ3n) is 4.29. The van der Waals surface area contributed by atoms with Gasteiger partial charge in [-0.25, -0.2) is 0 Å². The fourth-order valence-electron chi connectivity index (χ4n) is 3.37. The summed E-state index contributed by atoms with van der Waals surface area (Å²) in [6.45, 7) is 8.55. The molecule has 1 aliphatic carbocycles. The van der Waals surface area contributed by atoms with Gasteiger partial charge in [0, 0.05) is 30.2 Å². The monoisotopic (exact) mass is 273 g/mol. The summed E-state index contributed by atoms with van der Waals surface area (Å²) in [6.07, 6.45) is 5.78. The summed E-state index contributed by atoms with van der Waals surface area (Å²) in [7, 11) is 0. The molecule has 108 valence electrons. The summed E-state index contributed by atoms with van der Waals surface area (Å²) in [6, 6.07) is 2.43. The van der Waals surface area contributed by atoms with Gasteiger partial charge >= 0.3 is 0 Å². The zero-order valence-corrected chi connectivity index (χ0v) is 12.5. The standard InChI is InChI=1S/C15H23N5/c1-11-8-12-13(16)9-15(2,3)10-14(12)20(11)7-6-19-5-4-17-18-19/h4-5,8,13H,6-7,9-10,16H2,1-3H3. The fraction of sp³-hybridized carbons (Fsp3) is 0.600. The zero-order valence-electron chi connectivity index (χ0n) is 12.5. The Bertz CT molecular complexity index is 594. The highest BCUT2D eigenvalue weighted by atomic mass is 15.4. The fourth-order valence-corrected chi connectivity index (χ4v) is 3.37. The van der Waals surface area contributed by atoms with Crippen LogP contribution in [0.15, 0.2) is 18.5 Å². The lowest BCUT2D eigenvalue weighted by molar-refractivity contribution is 0.274. The van der Waals surface area contributed by atoms with Crippen LogP contribution in [0.3, 0.4) is 0 Å². The van der Waals surface area contributed by atoms with E-state index in [2.05, 4.69) is 41.7 Å². The van der Waals surface area contributed by atoms with E-state index in [1.54, 1.807) is 6.20 Å². The van der Waals surface area contributed by atoms with Gasteiger partial charge in [-0.05, 0) is 36.8 Å². The van der Waals surface area contributed by atoms with E-state index < -0.39 is 0 Å². The molecule has 0 aliphatic heterocycles. The second kappa shape index (κ2) is 4.74. The van der Waals surface area contributed by atoms with Crippen LogP contribution < -0.4 is 5.73 Å². The predicted octanol–water partition coefficient (Wildman–Crippen LogP) is 2.06. The largest absolute Gasteiger partial charge is 0.347 e. The van der Waals surface area contributed by atoms with Crippen molar-refractivity contribution in [1.82, 2.24) is 19.6 Å². The van der Waals surface area contributed by atoms with Gasteiger partial charge in [0.05, 0.1) is 12.7 Å². The van der Waals surface area contributed by atoms with Crippen LogP contribution in [0.4, 0.5) is 0 Å². The first-order valence-corrected chi connectivity index (χ1v) is 7.25. The number of fused-ring (bicyclic) bond motifs is 1. The van der Waals surface area contributed by atoms with E-state index in [-0.39, 0.29) is 11.5 Å². The second-order valence-corrected chi connectivity index (χ2v) is 6.66. The maximum Gasteiger partial charge on any atom is 0.0692 e. The lowest BCUT2D eigenvalue weighted by Crippen LogP contribution is -2.30. The topological polar surface area (TPSA) is 61.7 Å². The number of rotatable bonds is 3. The highest BCUT2D eigenvalue weighted by molar-refractivity contribution is 5.34. The van der Waals surface area contributed by atoms with Crippen LogP contribution in [0.25, 0.3) is 0 Å². The van der Waals surface area contributed by atoms with Crippen molar-refractivity contribution in [2.45, 2.75) is 52.7 Å². The molecule has 0 fully saturated rings. The van der Waals surface area contributed by atoms with Crippen LogP contribution >= 0.6 is 0 Å². The molecule has 2 aromatic rings. The van der Waals surface area contributed by atoms with Crippen molar-refractivity contribution in [3.8, 4) is 0 Å². The van der Waals surface area contributed by atoms with E-state index in [9.17, 15) is 0 Å². The van der Waals surface area contributed by atoms with Crippen molar-refractivity contribution in [2.75, 3.05) is 0 Å². The average molecular weight is 273 g/mol. The first-order chi connectivity index (χ1) is 9.46. The normalized spacial score (nSPS) is 20.9. The molecule has 5 heteroatoms. The third kappa shape index (κ3) is 2.38. The number of hydrogen-bond donors (Lipinski definition) is 1. The van der Waals surface area contributed by atoms with Gasteiger partial charge < -0.3 is 10.3 Å². The molecule has 5 nitrogen and oxygen atoms in total. The number of hydrogen-bond acceptors (Lipinski definition) is 3. The molecular weight excluding hydrogens is 250 g/mol. The molecule has 0 saturated heterocycles. The molecule has 2 aromatic heterocycles. The van der Waals surface area contributed by atoms with Crippen LogP contribution in [-0.4, -0.2) is 19.6 Å². The summed E-state index contributed by atoms with van der Waals surface area (Å²) >= 11 is 0. The Morgan fingerprint density at radius 3 is 2.90 bits per heavy atom. The quantitative estimate of drug-likeness (QED) is 0.931. The summed E-state index contributed by atoms with van der Waals surface area (Å²) < 4.78 is 4.28. The minimum Gasteiger partial charge on any atom is -0.347 e. The summed E-state index contributed by atoms with van der Waals surface area (Å²) in [5.41, 5.74) is 10.7. The van der Waals surface area contributed by atoms with Crippen molar-refractivity contribution in [3.05, 3.63) is 35.4 Å². The van der Waals surface area contributed by atoms with E-state index in [4.69, 9.17) is 5.73 Å². The predicted molar refractivity (Wildman–Crippen MR) is 78.2 cm³/mol. The van der Waals surface area contributed by atoms with Crippen molar-refractivity contribution < 1.29 is 0 Å². The number of aromatic nitrogens is 4. The minimum absolute atomic E-state index is 0.167. The van der Waals surface area contributed by atoms with E-state index in [0.29, 0.717) is 0 Å². The molecule has 0 saturated carbocycles. The van der Waals surface area contributed by atoms with Gasteiger partial charge in [-0.3, -0.25) is 4.68 Å². The molecule has 0 aromatic carbocycles. The van der Waals surface area contributed by atoms with E-state index >= 15 is 0 Å². The molecule has 1 atom stereocenters. The highest BCUT2D eigenvalue weighted by Gasteiger charge is 2.33. The van der Waals surface area contributed by atoms with Crippen LogP contribution in [0, 0.1) is 12.3 Å². The number of aryl methyl sites for hydroxylation is 2. The first-order valence-electron chi connectivity index (χ1n) is 7.25. The average Bonchev–Trinajstić information content (AvgIpc) is 2.94. The Balaban J connectivity index is 1.88. The summed E-state index contributed by atoms with van der Waals surface area (Å²) in [5.74, 6) is 0. The van der Waals surface area contributed by atoms with Crippen LogP contribution in [0.2, 0.25) is 0 Å². The van der Waals surface area contributed by atoms with Crippen LogP contribution in [-0.2, 0) is 19.5 Å². The zero-order chi connectivity index (χ0) is 14.3. The molecular formula is C15H23N5. The first kappa shape index (κ1) is 13.4. The molecule has 2 heterocycles. The van der Waals surface area contributed by atoms with Crippen molar-refractivity contribution >= 4 is 0 Å². The molecule has 1 unspecified atom stereocenters. The van der Waals surface area contributed by atoms with Crippen LogP contribution in [0.5, 0.6) is 0 Å². The molecule has 1 aliphatic rings. The summed E-state index contributed by atoms with van der Waals surface area (Å²) in [4.78, 5) is 0. The van der Waals surface area contributed by atoms with Crippen molar-refractivity contribution in [3.63, 3.8) is 0 Å². The van der Waals surface area contributed by atoms with Gasteiger partial charge in [0.1, 0.15) is 0 Å². The smallest absolute Gasteiger partial charge is 0.0692 e. The van der Waals surface area contributed by atoms with E-state index in [0.717, 1.165) is 25.9 Å². The molecule has 0 radical (unpaired) electrons. The SMILES string of the molecule is Cc1cc2c(n1CCn1ccnn1)CC(C)(C)CC2N. The highest BCUT2D eigenvalue weighted by Crippen LogP contribution is 2.40. The molecule has 0 spiro atoms. The van der Waals surface area contributed by atoms with Crippen LogP contribution in [0.1, 0.15) is 43.3 Å². The summed E-state index contributed by atoms with van der Waals surface area (Å²) in [5, 5.41) is 7.88. The van der Waals surface area contributed by atoms with Gasteiger partial charge in [0.25, 0.3) is 0 Å². The molecule has 3 rings (SSSR count). The number of nitrogens with two attached hydrogens (primary N) is 1. The Labute approximate surface area is 119 Å². The molecule has 20 heavy (non-hydrogen) atoms. The van der Waals surface area contributed by atoms with E-state index in [1.807, 2.05) is 10.9 Å². The molecule has 0 amide bonds. The van der Waals surface area contributed by atoms with Gasteiger partial charge in [-0.1, -0.05) is 19.1 Å². The third-order valence-corrected chi connectivity index (χ3v) is 4.29. The van der Waals surface area contributed by atoms with Crippen molar-refractivity contribution in [2.24, 2.45) is 11.1 Å². The lowest BCUT2D eigenvalue weighted by Gasteiger charge is -2.34. The van der Waals surface area contributed by atoms with Gasteiger partial charge in [-0.2, -0.15) is 0 Å². The Kier molecular flexibility index (Phi) is 3.17. The van der Waals surface area contributed by atoms with Gasteiger partial charge in [0.2, 0.25) is 0 Å². The van der Waals surface area contributed by atoms with E-state index in [1.165, 1.54) is 17.0 Å². The Morgan fingerprint density at radius 2 is 2.20 bits per heavy atom. The maximum absolute atomic E-state index is 6.35. The second-order valence-electron chi connectivity index (χ2n) is 6.66. The lowest BCUT2D eigenvalue weighted by atomic mass is 9.74.